The number of esters is 1. The van der Waals surface area contributed by atoms with Crippen LogP contribution in [0, 0.1) is 11.7 Å². The molecule has 1 N–H and O–H groups in total. The lowest BCUT2D eigenvalue weighted by Crippen LogP contribution is -2.40. The normalized spacial score (nSPS) is 15.3. The Hall–Kier alpha value is -3.30. The van der Waals surface area contributed by atoms with Crippen LogP contribution in [-0.2, 0) is 24.3 Å². The number of carbonyl (C=O) groups excluding carboxylic acids is 2. The highest BCUT2D eigenvalue weighted by atomic mass is 32.2. The SMILES string of the molecule is O=C(COC(=O)C1CCN(S(=O)(=O)c2ccc(F)cc2)CC1)Nc1cccc2ccccc12. The molecule has 0 radical (unpaired) electrons. The summed E-state index contributed by atoms with van der Waals surface area (Å²) in [5, 5.41) is 4.63. The van der Waals surface area contributed by atoms with Crippen LogP contribution in [0.3, 0.4) is 0 Å². The van der Waals surface area contributed by atoms with Crippen LogP contribution >= 0.6 is 0 Å². The lowest BCUT2D eigenvalue weighted by Gasteiger charge is -2.30. The average molecular weight is 471 g/mol. The average Bonchev–Trinajstić information content (AvgIpc) is 2.83. The van der Waals surface area contributed by atoms with Crippen molar-refractivity contribution in [3.05, 3.63) is 72.5 Å². The van der Waals surface area contributed by atoms with Crippen LogP contribution in [0.15, 0.2) is 71.6 Å². The van der Waals surface area contributed by atoms with Gasteiger partial charge in [0.15, 0.2) is 6.61 Å². The molecule has 0 spiro atoms. The van der Waals surface area contributed by atoms with Gasteiger partial charge < -0.3 is 10.1 Å². The van der Waals surface area contributed by atoms with Gasteiger partial charge in [-0.25, -0.2) is 12.8 Å². The highest BCUT2D eigenvalue weighted by Crippen LogP contribution is 2.25. The number of hydrogen-bond donors (Lipinski definition) is 1. The van der Waals surface area contributed by atoms with Crippen molar-refractivity contribution in [2.75, 3.05) is 25.0 Å². The lowest BCUT2D eigenvalue weighted by atomic mass is 9.98. The lowest BCUT2D eigenvalue weighted by molar-refractivity contribution is -0.152. The maximum atomic E-state index is 13.1. The molecule has 0 aliphatic carbocycles. The zero-order chi connectivity index (χ0) is 23.4. The first-order valence-electron chi connectivity index (χ1n) is 10.5. The summed E-state index contributed by atoms with van der Waals surface area (Å²) in [6.07, 6.45) is 0.564. The number of anilines is 1. The summed E-state index contributed by atoms with van der Waals surface area (Å²) < 4.78 is 44.9. The molecule has 1 heterocycles. The van der Waals surface area contributed by atoms with Crippen molar-refractivity contribution in [1.29, 1.82) is 0 Å². The second-order valence-corrected chi connectivity index (χ2v) is 9.75. The number of sulfonamides is 1. The first kappa shape index (κ1) is 22.9. The number of piperidine rings is 1. The van der Waals surface area contributed by atoms with Crippen LogP contribution in [0.25, 0.3) is 10.8 Å². The van der Waals surface area contributed by atoms with E-state index in [2.05, 4.69) is 5.32 Å². The Morgan fingerprint density at radius 3 is 2.36 bits per heavy atom. The van der Waals surface area contributed by atoms with E-state index in [0.717, 1.165) is 22.9 Å². The predicted molar refractivity (Wildman–Crippen MR) is 121 cm³/mol. The van der Waals surface area contributed by atoms with Crippen molar-refractivity contribution in [2.24, 2.45) is 5.92 Å². The summed E-state index contributed by atoms with van der Waals surface area (Å²) in [4.78, 5) is 24.7. The highest BCUT2D eigenvalue weighted by Gasteiger charge is 2.33. The van der Waals surface area contributed by atoms with Gasteiger partial charge in [0, 0.05) is 24.2 Å². The molecule has 7 nitrogen and oxygen atoms in total. The summed E-state index contributed by atoms with van der Waals surface area (Å²) in [5.41, 5.74) is 0.633. The third kappa shape index (κ3) is 5.20. The van der Waals surface area contributed by atoms with Gasteiger partial charge in [0.1, 0.15) is 5.82 Å². The van der Waals surface area contributed by atoms with Crippen LogP contribution in [0.2, 0.25) is 0 Å². The van der Waals surface area contributed by atoms with E-state index in [1.807, 2.05) is 36.4 Å². The second kappa shape index (κ2) is 9.68. The molecular weight excluding hydrogens is 447 g/mol. The van der Waals surface area contributed by atoms with Gasteiger partial charge in [-0.3, -0.25) is 9.59 Å². The van der Waals surface area contributed by atoms with Gasteiger partial charge in [-0.05, 0) is 48.6 Å². The quantitative estimate of drug-likeness (QED) is 0.556. The Bertz CT molecular complexity index is 1260. The Morgan fingerprint density at radius 2 is 1.64 bits per heavy atom. The monoisotopic (exact) mass is 470 g/mol. The number of halogens is 1. The first-order chi connectivity index (χ1) is 15.8. The van der Waals surface area contributed by atoms with E-state index in [9.17, 15) is 22.4 Å². The minimum atomic E-state index is -3.76. The number of benzene rings is 3. The van der Waals surface area contributed by atoms with Crippen molar-refractivity contribution < 1.29 is 27.1 Å². The number of amides is 1. The summed E-state index contributed by atoms with van der Waals surface area (Å²) in [6, 6.07) is 17.8. The molecule has 9 heteroatoms. The Labute approximate surface area is 191 Å². The molecule has 1 aliphatic rings. The third-order valence-corrected chi connectivity index (χ3v) is 7.56. The minimum Gasteiger partial charge on any atom is -0.455 e. The number of nitrogens with zero attached hydrogens (tertiary/aromatic N) is 1. The highest BCUT2D eigenvalue weighted by molar-refractivity contribution is 7.89. The van der Waals surface area contributed by atoms with Crippen molar-refractivity contribution in [2.45, 2.75) is 17.7 Å². The van der Waals surface area contributed by atoms with E-state index in [4.69, 9.17) is 4.74 Å². The van der Waals surface area contributed by atoms with Crippen LogP contribution < -0.4 is 5.32 Å². The van der Waals surface area contributed by atoms with Crippen molar-refractivity contribution in [3.8, 4) is 0 Å². The standard InChI is InChI=1S/C24H23FN2O5S/c25-19-8-10-20(11-9-19)33(30,31)27-14-12-18(13-15-27)24(29)32-16-23(28)26-22-7-3-5-17-4-1-2-6-21(17)22/h1-11,18H,12-16H2,(H,26,28). The van der Waals surface area contributed by atoms with E-state index in [1.54, 1.807) is 6.07 Å². The fraction of sp³-hybridized carbons (Fsp3) is 0.250. The number of hydrogen-bond acceptors (Lipinski definition) is 5. The van der Waals surface area contributed by atoms with E-state index < -0.39 is 40.2 Å². The van der Waals surface area contributed by atoms with E-state index in [0.29, 0.717) is 5.69 Å². The van der Waals surface area contributed by atoms with Crippen molar-refractivity contribution in [1.82, 2.24) is 4.31 Å². The van der Waals surface area contributed by atoms with Crippen LogP contribution in [-0.4, -0.2) is 44.3 Å². The zero-order valence-corrected chi connectivity index (χ0v) is 18.6. The number of nitrogens with one attached hydrogen (secondary N) is 1. The molecule has 0 bridgehead atoms. The smallest absolute Gasteiger partial charge is 0.309 e. The maximum absolute atomic E-state index is 13.1. The molecule has 0 atom stereocenters. The van der Waals surface area contributed by atoms with Gasteiger partial charge in [0.25, 0.3) is 5.91 Å². The van der Waals surface area contributed by atoms with Gasteiger partial charge in [0.05, 0.1) is 10.8 Å². The van der Waals surface area contributed by atoms with Gasteiger partial charge >= 0.3 is 5.97 Å². The van der Waals surface area contributed by atoms with Gasteiger partial charge in [-0.2, -0.15) is 4.31 Å². The topological polar surface area (TPSA) is 92.8 Å². The van der Waals surface area contributed by atoms with E-state index in [-0.39, 0.29) is 30.8 Å². The molecule has 3 aromatic carbocycles. The third-order valence-electron chi connectivity index (χ3n) is 5.65. The Balaban J connectivity index is 1.28. The minimum absolute atomic E-state index is 0.00929. The van der Waals surface area contributed by atoms with Crippen LogP contribution in [0.4, 0.5) is 10.1 Å². The Kier molecular flexibility index (Phi) is 6.71. The Morgan fingerprint density at radius 1 is 0.970 bits per heavy atom. The van der Waals surface area contributed by atoms with Gasteiger partial charge in [-0.1, -0.05) is 36.4 Å². The summed E-state index contributed by atoms with van der Waals surface area (Å²) in [7, 11) is -3.76. The molecule has 1 saturated heterocycles. The fourth-order valence-corrected chi connectivity index (χ4v) is 5.33. The fourth-order valence-electron chi connectivity index (χ4n) is 3.86. The van der Waals surface area contributed by atoms with E-state index >= 15 is 0 Å². The first-order valence-corrected chi connectivity index (χ1v) is 12.0. The molecule has 33 heavy (non-hydrogen) atoms. The van der Waals surface area contributed by atoms with Gasteiger partial charge in [0.2, 0.25) is 10.0 Å². The molecule has 0 saturated carbocycles. The molecule has 1 amide bonds. The van der Waals surface area contributed by atoms with Crippen LogP contribution in [0.1, 0.15) is 12.8 Å². The second-order valence-electron chi connectivity index (χ2n) is 7.81. The van der Waals surface area contributed by atoms with E-state index in [1.165, 1.54) is 16.4 Å². The van der Waals surface area contributed by atoms with Crippen molar-refractivity contribution in [3.63, 3.8) is 0 Å². The molecule has 1 fully saturated rings. The number of fused-ring (bicyclic) bond motifs is 1. The number of rotatable bonds is 6. The largest absolute Gasteiger partial charge is 0.455 e. The molecule has 0 unspecified atom stereocenters. The van der Waals surface area contributed by atoms with Gasteiger partial charge in [-0.15, -0.1) is 0 Å². The summed E-state index contributed by atoms with van der Waals surface area (Å²) in [5.74, 6) is -1.98. The molecule has 4 rings (SSSR count). The van der Waals surface area contributed by atoms with Crippen LogP contribution in [0.5, 0.6) is 0 Å². The molecular formula is C24H23FN2O5S. The van der Waals surface area contributed by atoms with Crippen molar-refractivity contribution >= 4 is 38.4 Å². The number of carbonyl (C=O) groups is 2. The number of ether oxygens (including phenoxy) is 1. The summed E-state index contributed by atoms with van der Waals surface area (Å²) >= 11 is 0. The summed E-state index contributed by atoms with van der Waals surface area (Å²) in [6.45, 7) is -0.139. The maximum Gasteiger partial charge on any atom is 0.309 e. The molecule has 0 aromatic heterocycles. The molecule has 172 valence electrons. The molecule has 3 aromatic rings. The zero-order valence-electron chi connectivity index (χ0n) is 17.7. The molecule has 1 aliphatic heterocycles. The predicted octanol–water partition coefficient (Wildman–Crippen LogP) is 3.56.